The Morgan fingerprint density at radius 1 is 1.00 bits per heavy atom. The first-order valence-electron chi connectivity index (χ1n) is 10.2. The van der Waals surface area contributed by atoms with Crippen LogP contribution in [0.4, 0.5) is 0 Å². The summed E-state index contributed by atoms with van der Waals surface area (Å²) < 4.78 is 0. The van der Waals surface area contributed by atoms with Crippen LogP contribution in [-0.2, 0) is 9.59 Å². The van der Waals surface area contributed by atoms with Gasteiger partial charge in [0.2, 0.25) is 11.8 Å². The minimum absolute atomic E-state index is 0. The van der Waals surface area contributed by atoms with E-state index in [9.17, 15) is 9.59 Å². The van der Waals surface area contributed by atoms with Crippen molar-refractivity contribution >= 4 is 24.2 Å². The Labute approximate surface area is 164 Å². The van der Waals surface area contributed by atoms with E-state index in [4.69, 9.17) is 0 Å². The lowest BCUT2D eigenvalue weighted by molar-refractivity contribution is -0.149. The molecule has 0 radical (unpaired) electrons. The molecule has 1 unspecified atom stereocenters. The summed E-state index contributed by atoms with van der Waals surface area (Å²) in [6.07, 6.45) is 8.00. The van der Waals surface area contributed by atoms with E-state index in [1.165, 1.54) is 19.3 Å². The van der Waals surface area contributed by atoms with Gasteiger partial charge in [-0.3, -0.25) is 9.59 Å². The third kappa shape index (κ3) is 4.53. The summed E-state index contributed by atoms with van der Waals surface area (Å²) in [5.41, 5.74) is -0.186. The number of hydrogen-bond acceptors (Lipinski definition) is 3. The Balaban J connectivity index is 0.00000243. The molecular formula is C20H36ClN3O2. The van der Waals surface area contributed by atoms with Crippen LogP contribution in [-0.4, -0.2) is 38.0 Å². The molecule has 0 saturated heterocycles. The summed E-state index contributed by atoms with van der Waals surface area (Å²) in [4.78, 5) is 25.8. The fourth-order valence-corrected chi connectivity index (χ4v) is 5.80. The molecule has 5 nitrogen and oxygen atoms in total. The van der Waals surface area contributed by atoms with Gasteiger partial charge < -0.3 is 16.0 Å². The minimum Gasteiger partial charge on any atom is -0.354 e. The molecule has 0 aromatic heterocycles. The molecule has 4 aliphatic rings. The van der Waals surface area contributed by atoms with Crippen molar-refractivity contribution in [1.29, 1.82) is 0 Å². The Morgan fingerprint density at radius 2 is 1.54 bits per heavy atom. The molecular weight excluding hydrogens is 350 g/mol. The second kappa shape index (κ2) is 8.92. The van der Waals surface area contributed by atoms with Crippen molar-refractivity contribution in [3.8, 4) is 0 Å². The van der Waals surface area contributed by atoms with Gasteiger partial charge in [-0.05, 0) is 82.2 Å². The van der Waals surface area contributed by atoms with E-state index >= 15 is 0 Å². The first-order valence-corrected chi connectivity index (χ1v) is 10.2. The van der Waals surface area contributed by atoms with Crippen molar-refractivity contribution in [1.82, 2.24) is 16.0 Å². The number of carbonyl (C=O) groups is 2. The average Bonchev–Trinajstić information content (AvgIpc) is 2.54. The molecule has 4 fully saturated rings. The van der Waals surface area contributed by atoms with Crippen LogP contribution in [0.3, 0.4) is 0 Å². The molecule has 4 bridgehead atoms. The smallest absolute Gasteiger partial charge is 0.242 e. The fourth-order valence-electron chi connectivity index (χ4n) is 5.80. The third-order valence-corrected chi connectivity index (χ3v) is 6.66. The lowest BCUT2D eigenvalue weighted by Crippen LogP contribution is -2.58. The van der Waals surface area contributed by atoms with Gasteiger partial charge >= 0.3 is 0 Å². The van der Waals surface area contributed by atoms with Crippen LogP contribution in [0.5, 0.6) is 0 Å². The molecule has 26 heavy (non-hydrogen) atoms. The van der Waals surface area contributed by atoms with Crippen LogP contribution >= 0.6 is 12.4 Å². The number of hydrogen-bond donors (Lipinski definition) is 3. The normalized spacial score (nSPS) is 32.8. The summed E-state index contributed by atoms with van der Waals surface area (Å²) in [7, 11) is 1.91. The summed E-state index contributed by atoms with van der Waals surface area (Å²) in [6, 6.07) is -0.421. The molecule has 0 aromatic rings. The number of rotatable bonds is 8. The minimum atomic E-state index is -0.421. The molecule has 4 saturated carbocycles. The van der Waals surface area contributed by atoms with Gasteiger partial charge in [0.05, 0.1) is 0 Å². The van der Waals surface area contributed by atoms with Gasteiger partial charge in [0.25, 0.3) is 0 Å². The van der Waals surface area contributed by atoms with Gasteiger partial charge in [-0.2, -0.15) is 0 Å². The van der Waals surface area contributed by atoms with E-state index in [0.717, 1.165) is 50.0 Å². The number of nitrogens with one attached hydrogen (secondary N) is 3. The molecule has 0 heterocycles. The zero-order valence-electron chi connectivity index (χ0n) is 16.5. The maximum atomic E-state index is 13.2. The number of amides is 2. The standard InChI is InChI=1S/C20H35N3O2.ClH/c1-13(2)17(18(24)22-6-4-5-21-3)23-19(25)20-10-14-7-15(11-20)9-16(8-14)12-20;/h13-17,21H,4-12H2,1-3H3,(H,22,24)(H,23,25);1H. The van der Waals surface area contributed by atoms with E-state index in [-0.39, 0.29) is 35.6 Å². The molecule has 4 rings (SSSR count). The SMILES string of the molecule is CNCCCNC(=O)C(NC(=O)C12CC3CC(CC(C3)C1)C2)C(C)C.Cl. The van der Waals surface area contributed by atoms with Crippen LogP contribution in [0.15, 0.2) is 0 Å². The lowest BCUT2D eigenvalue weighted by Gasteiger charge is -2.55. The predicted molar refractivity (Wildman–Crippen MR) is 106 cm³/mol. The first-order chi connectivity index (χ1) is 11.9. The molecule has 4 aliphatic carbocycles. The second-order valence-electron chi connectivity index (χ2n) is 9.14. The van der Waals surface area contributed by atoms with E-state index < -0.39 is 6.04 Å². The Morgan fingerprint density at radius 3 is 2.00 bits per heavy atom. The van der Waals surface area contributed by atoms with Crippen molar-refractivity contribution in [2.24, 2.45) is 29.1 Å². The van der Waals surface area contributed by atoms with Crippen LogP contribution in [0.2, 0.25) is 0 Å². The van der Waals surface area contributed by atoms with Crippen molar-refractivity contribution in [2.75, 3.05) is 20.1 Å². The van der Waals surface area contributed by atoms with Gasteiger partial charge in [-0.25, -0.2) is 0 Å². The highest BCUT2D eigenvalue weighted by atomic mass is 35.5. The number of carbonyl (C=O) groups excluding carboxylic acids is 2. The largest absolute Gasteiger partial charge is 0.354 e. The van der Waals surface area contributed by atoms with Gasteiger partial charge in [0.1, 0.15) is 6.04 Å². The Hall–Kier alpha value is -0.810. The molecule has 6 heteroatoms. The maximum absolute atomic E-state index is 13.2. The Bertz CT molecular complexity index is 474. The highest BCUT2D eigenvalue weighted by Gasteiger charge is 2.55. The highest BCUT2D eigenvalue weighted by molar-refractivity contribution is 5.90. The monoisotopic (exact) mass is 385 g/mol. The topological polar surface area (TPSA) is 70.2 Å². The van der Waals surface area contributed by atoms with Crippen LogP contribution in [0.1, 0.15) is 58.8 Å². The third-order valence-electron chi connectivity index (χ3n) is 6.66. The van der Waals surface area contributed by atoms with Crippen molar-refractivity contribution < 1.29 is 9.59 Å². The fraction of sp³-hybridized carbons (Fsp3) is 0.900. The molecule has 0 aromatic carbocycles. The summed E-state index contributed by atoms with van der Waals surface area (Å²) >= 11 is 0. The quantitative estimate of drug-likeness (QED) is 0.562. The van der Waals surface area contributed by atoms with Gasteiger partial charge in [0, 0.05) is 12.0 Å². The van der Waals surface area contributed by atoms with E-state index in [2.05, 4.69) is 16.0 Å². The molecule has 3 N–H and O–H groups in total. The second-order valence-corrected chi connectivity index (χ2v) is 9.14. The zero-order valence-corrected chi connectivity index (χ0v) is 17.3. The van der Waals surface area contributed by atoms with Crippen LogP contribution in [0.25, 0.3) is 0 Å². The molecule has 0 spiro atoms. The van der Waals surface area contributed by atoms with E-state index in [1.807, 2.05) is 20.9 Å². The zero-order chi connectivity index (χ0) is 18.0. The lowest BCUT2D eigenvalue weighted by atomic mass is 9.49. The first kappa shape index (κ1) is 21.5. The van der Waals surface area contributed by atoms with Gasteiger partial charge in [-0.1, -0.05) is 13.8 Å². The molecule has 2 amide bonds. The van der Waals surface area contributed by atoms with Crippen LogP contribution in [0, 0.1) is 29.1 Å². The molecule has 0 aliphatic heterocycles. The molecule has 1 atom stereocenters. The molecule has 150 valence electrons. The van der Waals surface area contributed by atoms with E-state index in [1.54, 1.807) is 0 Å². The summed E-state index contributed by atoms with van der Waals surface area (Å²) in [6.45, 7) is 5.55. The van der Waals surface area contributed by atoms with Gasteiger partial charge in [-0.15, -0.1) is 12.4 Å². The van der Waals surface area contributed by atoms with Crippen molar-refractivity contribution in [3.05, 3.63) is 0 Å². The van der Waals surface area contributed by atoms with Crippen molar-refractivity contribution in [3.63, 3.8) is 0 Å². The average molecular weight is 386 g/mol. The highest BCUT2D eigenvalue weighted by Crippen LogP contribution is 2.60. The van der Waals surface area contributed by atoms with Crippen LogP contribution < -0.4 is 16.0 Å². The Kier molecular flexibility index (Phi) is 7.37. The van der Waals surface area contributed by atoms with E-state index in [0.29, 0.717) is 6.54 Å². The maximum Gasteiger partial charge on any atom is 0.242 e. The van der Waals surface area contributed by atoms with Gasteiger partial charge in [0.15, 0.2) is 0 Å². The van der Waals surface area contributed by atoms with Crippen molar-refractivity contribution in [2.45, 2.75) is 64.8 Å². The number of halogens is 1. The summed E-state index contributed by atoms with van der Waals surface area (Å²) in [5.74, 6) is 2.43. The summed E-state index contributed by atoms with van der Waals surface area (Å²) in [5, 5.41) is 9.21. The predicted octanol–water partition coefficient (Wildman–Crippen LogP) is 2.49.